The number of aryl methyl sites for hydroxylation is 1. The number of hydrogen-bond acceptors (Lipinski definition) is 0. The van der Waals surface area contributed by atoms with Crippen LogP contribution in [-0.4, -0.2) is 0 Å². The number of rotatable bonds is 1. The standard InChI is InChI=1S/C13H11F3/c1-2-9-7-8-12(13(14,15)16)11-6-4-3-5-10(9)11/h3-8H,2H2,1H3. The van der Waals surface area contributed by atoms with Crippen LogP contribution >= 0.6 is 0 Å². The van der Waals surface area contributed by atoms with Crippen LogP contribution in [0.2, 0.25) is 0 Å². The largest absolute Gasteiger partial charge is 0.417 e. The van der Waals surface area contributed by atoms with E-state index < -0.39 is 11.7 Å². The summed E-state index contributed by atoms with van der Waals surface area (Å²) in [5.74, 6) is 0. The molecule has 0 N–H and O–H groups in total. The molecule has 16 heavy (non-hydrogen) atoms. The van der Waals surface area contributed by atoms with E-state index in [1.165, 1.54) is 12.1 Å². The molecule has 0 heterocycles. The maximum Gasteiger partial charge on any atom is 0.417 e. The van der Waals surface area contributed by atoms with Crippen LogP contribution in [0.15, 0.2) is 36.4 Å². The van der Waals surface area contributed by atoms with Crippen molar-refractivity contribution in [1.82, 2.24) is 0 Å². The summed E-state index contributed by atoms with van der Waals surface area (Å²) in [6, 6.07) is 9.39. The van der Waals surface area contributed by atoms with Gasteiger partial charge in [-0.2, -0.15) is 13.2 Å². The number of alkyl halides is 3. The van der Waals surface area contributed by atoms with E-state index in [0.29, 0.717) is 5.39 Å². The van der Waals surface area contributed by atoms with Crippen molar-refractivity contribution in [2.75, 3.05) is 0 Å². The third-order valence-corrected chi connectivity index (χ3v) is 2.70. The zero-order valence-electron chi connectivity index (χ0n) is 8.81. The lowest BCUT2D eigenvalue weighted by atomic mass is 9.98. The molecule has 0 aromatic heterocycles. The highest BCUT2D eigenvalue weighted by Gasteiger charge is 2.32. The number of hydrogen-bond donors (Lipinski definition) is 0. The molecule has 0 unspecified atom stereocenters. The zero-order chi connectivity index (χ0) is 11.8. The van der Waals surface area contributed by atoms with Gasteiger partial charge in [0.15, 0.2) is 0 Å². The first kappa shape index (κ1) is 11.0. The minimum Gasteiger partial charge on any atom is -0.166 e. The van der Waals surface area contributed by atoms with Gasteiger partial charge < -0.3 is 0 Å². The minimum absolute atomic E-state index is 0.286. The molecule has 0 saturated carbocycles. The molecular formula is C13H11F3. The second kappa shape index (κ2) is 3.81. The highest BCUT2D eigenvalue weighted by atomic mass is 19.4. The molecule has 0 radical (unpaired) electrons. The average molecular weight is 224 g/mol. The van der Waals surface area contributed by atoms with E-state index >= 15 is 0 Å². The smallest absolute Gasteiger partial charge is 0.166 e. The third kappa shape index (κ3) is 1.77. The molecule has 84 valence electrons. The van der Waals surface area contributed by atoms with Crippen LogP contribution in [-0.2, 0) is 12.6 Å². The molecule has 2 rings (SSSR count). The van der Waals surface area contributed by atoms with Gasteiger partial charge in [-0.15, -0.1) is 0 Å². The van der Waals surface area contributed by atoms with Crippen molar-refractivity contribution in [3.05, 3.63) is 47.5 Å². The Kier molecular flexibility index (Phi) is 2.62. The topological polar surface area (TPSA) is 0 Å². The van der Waals surface area contributed by atoms with Gasteiger partial charge in [0.05, 0.1) is 5.56 Å². The Labute approximate surface area is 91.7 Å². The van der Waals surface area contributed by atoms with Crippen molar-refractivity contribution < 1.29 is 13.2 Å². The van der Waals surface area contributed by atoms with E-state index in [9.17, 15) is 13.2 Å². The highest BCUT2D eigenvalue weighted by molar-refractivity contribution is 5.89. The lowest BCUT2D eigenvalue weighted by Gasteiger charge is -2.12. The molecule has 0 atom stereocenters. The predicted octanol–water partition coefficient (Wildman–Crippen LogP) is 4.42. The molecule has 0 fully saturated rings. The first-order valence-corrected chi connectivity index (χ1v) is 5.12. The monoisotopic (exact) mass is 224 g/mol. The molecule has 3 heteroatoms. The third-order valence-electron chi connectivity index (χ3n) is 2.70. The fourth-order valence-electron chi connectivity index (χ4n) is 1.92. The van der Waals surface area contributed by atoms with Crippen molar-refractivity contribution in [3.8, 4) is 0 Å². The van der Waals surface area contributed by atoms with Crippen LogP contribution in [0.4, 0.5) is 13.2 Å². The summed E-state index contributed by atoms with van der Waals surface area (Å²) < 4.78 is 38.3. The van der Waals surface area contributed by atoms with Gasteiger partial charge in [-0.3, -0.25) is 0 Å². The van der Waals surface area contributed by atoms with Gasteiger partial charge in [-0.05, 0) is 28.8 Å². The van der Waals surface area contributed by atoms with Crippen LogP contribution < -0.4 is 0 Å². The molecule has 0 aliphatic carbocycles. The fraction of sp³-hybridized carbons (Fsp3) is 0.231. The molecule has 0 aliphatic rings. The average Bonchev–Trinajstić information content (AvgIpc) is 2.26. The van der Waals surface area contributed by atoms with E-state index in [0.717, 1.165) is 12.0 Å². The van der Waals surface area contributed by atoms with Gasteiger partial charge in [0.1, 0.15) is 0 Å². The van der Waals surface area contributed by atoms with E-state index in [-0.39, 0.29) is 5.39 Å². The SMILES string of the molecule is CCc1ccc(C(F)(F)F)c2ccccc12. The van der Waals surface area contributed by atoms with E-state index in [1.807, 2.05) is 6.92 Å². The van der Waals surface area contributed by atoms with Gasteiger partial charge in [0.2, 0.25) is 0 Å². The van der Waals surface area contributed by atoms with Crippen LogP contribution in [0.3, 0.4) is 0 Å². The van der Waals surface area contributed by atoms with Crippen LogP contribution in [0.5, 0.6) is 0 Å². The minimum atomic E-state index is -4.29. The summed E-state index contributed by atoms with van der Waals surface area (Å²) in [6.07, 6.45) is -3.55. The molecule has 0 amide bonds. The Morgan fingerprint density at radius 2 is 1.56 bits per heavy atom. The first-order chi connectivity index (χ1) is 7.54. The Hall–Kier alpha value is -1.51. The fourth-order valence-corrected chi connectivity index (χ4v) is 1.92. The van der Waals surface area contributed by atoms with Gasteiger partial charge in [0.25, 0.3) is 0 Å². The Morgan fingerprint density at radius 3 is 2.12 bits per heavy atom. The summed E-state index contributed by atoms with van der Waals surface area (Å²) in [7, 11) is 0. The molecule has 2 aromatic carbocycles. The summed E-state index contributed by atoms with van der Waals surface area (Å²) in [6.45, 7) is 1.94. The summed E-state index contributed by atoms with van der Waals surface area (Å²) in [5.41, 5.74) is 0.392. The van der Waals surface area contributed by atoms with Gasteiger partial charge in [-0.1, -0.05) is 37.3 Å². The van der Waals surface area contributed by atoms with E-state index in [1.54, 1.807) is 24.3 Å². The van der Waals surface area contributed by atoms with Gasteiger partial charge in [-0.25, -0.2) is 0 Å². The molecule has 2 aromatic rings. The number of benzene rings is 2. The molecule has 0 spiro atoms. The van der Waals surface area contributed by atoms with E-state index in [2.05, 4.69) is 0 Å². The normalized spacial score (nSPS) is 12.0. The van der Waals surface area contributed by atoms with Gasteiger partial charge in [0, 0.05) is 0 Å². The van der Waals surface area contributed by atoms with Crippen molar-refractivity contribution in [3.63, 3.8) is 0 Å². The van der Waals surface area contributed by atoms with Crippen LogP contribution in [0.1, 0.15) is 18.1 Å². The highest BCUT2D eigenvalue weighted by Crippen LogP contribution is 2.35. The quantitative estimate of drug-likeness (QED) is 0.672. The van der Waals surface area contributed by atoms with Gasteiger partial charge >= 0.3 is 6.18 Å². The maximum atomic E-state index is 12.8. The Balaban J connectivity index is 2.80. The van der Waals surface area contributed by atoms with Crippen LogP contribution in [0, 0.1) is 0 Å². The number of halogens is 3. The van der Waals surface area contributed by atoms with Crippen molar-refractivity contribution >= 4 is 10.8 Å². The zero-order valence-corrected chi connectivity index (χ0v) is 8.81. The predicted molar refractivity (Wildman–Crippen MR) is 58.3 cm³/mol. The maximum absolute atomic E-state index is 12.8. The van der Waals surface area contributed by atoms with Crippen molar-refractivity contribution in [2.24, 2.45) is 0 Å². The second-order valence-corrected chi connectivity index (χ2v) is 3.67. The Bertz CT molecular complexity index is 512. The second-order valence-electron chi connectivity index (χ2n) is 3.67. The molecule has 0 bridgehead atoms. The number of fused-ring (bicyclic) bond motifs is 1. The molecular weight excluding hydrogens is 213 g/mol. The summed E-state index contributed by atoms with van der Waals surface area (Å²) >= 11 is 0. The molecule has 0 saturated heterocycles. The summed E-state index contributed by atoms with van der Waals surface area (Å²) in [4.78, 5) is 0. The Morgan fingerprint density at radius 1 is 0.938 bits per heavy atom. The van der Waals surface area contributed by atoms with Crippen molar-refractivity contribution in [1.29, 1.82) is 0 Å². The molecule has 0 nitrogen and oxygen atoms in total. The van der Waals surface area contributed by atoms with E-state index in [4.69, 9.17) is 0 Å². The van der Waals surface area contributed by atoms with Crippen molar-refractivity contribution in [2.45, 2.75) is 19.5 Å². The molecule has 0 aliphatic heterocycles. The summed E-state index contributed by atoms with van der Waals surface area (Å²) in [5, 5.41) is 0.981. The lowest BCUT2D eigenvalue weighted by molar-refractivity contribution is -0.136. The first-order valence-electron chi connectivity index (χ1n) is 5.12. The lowest BCUT2D eigenvalue weighted by Crippen LogP contribution is -2.06. The van der Waals surface area contributed by atoms with Crippen LogP contribution in [0.25, 0.3) is 10.8 Å².